The molecule has 2 rings (SSSR count). The minimum absolute atomic E-state index is 0.107. The SMILES string of the molecule is Cc1cc(NC(=O)c2ccc(Br)s2)ccc1N. The average molecular weight is 311 g/mol. The fourth-order valence-corrected chi connectivity index (χ4v) is 2.66. The van der Waals surface area contributed by atoms with Gasteiger partial charge in [-0.05, 0) is 58.7 Å². The van der Waals surface area contributed by atoms with E-state index in [1.165, 1.54) is 11.3 Å². The van der Waals surface area contributed by atoms with Gasteiger partial charge in [0.05, 0.1) is 8.66 Å². The number of hydrogen-bond donors (Lipinski definition) is 2. The molecule has 0 atom stereocenters. The summed E-state index contributed by atoms with van der Waals surface area (Å²) in [5.41, 5.74) is 8.15. The van der Waals surface area contributed by atoms with E-state index < -0.39 is 0 Å². The van der Waals surface area contributed by atoms with Crippen molar-refractivity contribution in [3.63, 3.8) is 0 Å². The molecule has 17 heavy (non-hydrogen) atoms. The predicted molar refractivity (Wildman–Crippen MR) is 75.6 cm³/mol. The second-order valence-corrected chi connectivity index (χ2v) is 6.09. The summed E-state index contributed by atoms with van der Waals surface area (Å²) in [7, 11) is 0. The standard InChI is InChI=1S/C12H11BrN2OS/c1-7-6-8(2-3-9(7)14)15-12(16)10-4-5-11(13)17-10/h2-6H,14H2,1H3,(H,15,16). The van der Waals surface area contributed by atoms with Crippen LogP contribution in [0.5, 0.6) is 0 Å². The molecule has 3 nitrogen and oxygen atoms in total. The summed E-state index contributed by atoms with van der Waals surface area (Å²) < 4.78 is 0.941. The molecule has 88 valence electrons. The van der Waals surface area contributed by atoms with Crippen LogP contribution in [0.4, 0.5) is 11.4 Å². The smallest absolute Gasteiger partial charge is 0.265 e. The van der Waals surface area contributed by atoms with Gasteiger partial charge in [0.2, 0.25) is 0 Å². The largest absolute Gasteiger partial charge is 0.399 e. The molecule has 2 aromatic rings. The molecule has 0 unspecified atom stereocenters. The van der Waals surface area contributed by atoms with Gasteiger partial charge < -0.3 is 11.1 Å². The van der Waals surface area contributed by atoms with Crippen molar-refractivity contribution >= 4 is 44.5 Å². The first-order valence-corrected chi connectivity index (χ1v) is 6.60. The lowest BCUT2D eigenvalue weighted by Gasteiger charge is -2.06. The van der Waals surface area contributed by atoms with Crippen LogP contribution >= 0.6 is 27.3 Å². The minimum atomic E-state index is -0.107. The van der Waals surface area contributed by atoms with Crippen LogP contribution in [0.25, 0.3) is 0 Å². The van der Waals surface area contributed by atoms with Crippen LogP contribution in [0.2, 0.25) is 0 Å². The highest BCUT2D eigenvalue weighted by Crippen LogP contribution is 2.23. The van der Waals surface area contributed by atoms with Gasteiger partial charge >= 0.3 is 0 Å². The van der Waals surface area contributed by atoms with Crippen LogP contribution < -0.4 is 11.1 Å². The zero-order valence-corrected chi connectivity index (χ0v) is 11.6. The van der Waals surface area contributed by atoms with Gasteiger partial charge in [-0.2, -0.15) is 0 Å². The minimum Gasteiger partial charge on any atom is -0.399 e. The van der Waals surface area contributed by atoms with Crippen LogP contribution in [0.1, 0.15) is 15.2 Å². The van der Waals surface area contributed by atoms with Crippen molar-refractivity contribution in [2.45, 2.75) is 6.92 Å². The van der Waals surface area contributed by atoms with E-state index in [0.29, 0.717) is 4.88 Å². The quantitative estimate of drug-likeness (QED) is 0.832. The van der Waals surface area contributed by atoms with Crippen molar-refractivity contribution in [3.05, 3.63) is 44.6 Å². The average Bonchev–Trinajstić information content (AvgIpc) is 2.70. The molecular weight excluding hydrogens is 300 g/mol. The maximum atomic E-state index is 11.9. The number of nitrogens with two attached hydrogens (primary N) is 1. The Hall–Kier alpha value is -1.33. The summed E-state index contributed by atoms with van der Waals surface area (Å²) in [5.74, 6) is -0.107. The van der Waals surface area contributed by atoms with Gasteiger partial charge in [-0.3, -0.25) is 4.79 Å². The van der Waals surface area contributed by atoms with Gasteiger partial charge in [-0.1, -0.05) is 0 Å². The second-order valence-electron chi connectivity index (χ2n) is 3.63. The van der Waals surface area contributed by atoms with E-state index in [2.05, 4.69) is 21.2 Å². The van der Waals surface area contributed by atoms with Gasteiger partial charge in [0.15, 0.2) is 0 Å². The topological polar surface area (TPSA) is 55.1 Å². The first kappa shape index (κ1) is 12.1. The second kappa shape index (κ2) is 4.89. The fraction of sp³-hybridized carbons (Fsp3) is 0.0833. The van der Waals surface area contributed by atoms with E-state index in [0.717, 1.165) is 20.7 Å². The molecule has 3 N–H and O–H groups in total. The van der Waals surface area contributed by atoms with Crippen molar-refractivity contribution in [1.82, 2.24) is 0 Å². The third-order valence-corrected chi connectivity index (χ3v) is 3.95. The molecule has 0 aliphatic rings. The Labute approximate surface area is 112 Å². The zero-order valence-electron chi connectivity index (χ0n) is 9.16. The lowest BCUT2D eigenvalue weighted by molar-refractivity contribution is 0.103. The highest BCUT2D eigenvalue weighted by atomic mass is 79.9. The molecule has 0 radical (unpaired) electrons. The molecule has 1 aromatic carbocycles. The summed E-state index contributed by atoms with van der Waals surface area (Å²) in [4.78, 5) is 12.5. The van der Waals surface area contributed by atoms with Crippen LogP contribution in [0.3, 0.4) is 0 Å². The summed E-state index contributed by atoms with van der Waals surface area (Å²) in [6, 6.07) is 9.08. The normalized spacial score (nSPS) is 10.2. The number of thiophene rings is 1. The fourth-order valence-electron chi connectivity index (χ4n) is 1.38. The molecule has 0 spiro atoms. The van der Waals surface area contributed by atoms with E-state index in [1.54, 1.807) is 18.2 Å². The maximum absolute atomic E-state index is 11.9. The Balaban J connectivity index is 2.15. The van der Waals surface area contributed by atoms with Crippen molar-refractivity contribution < 1.29 is 4.79 Å². The van der Waals surface area contributed by atoms with Crippen molar-refractivity contribution in [2.24, 2.45) is 0 Å². The van der Waals surface area contributed by atoms with Crippen molar-refractivity contribution in [3.8, 4) is 0 Å². The summed E-state index contributed by atoms with van der Waals surface area (Å²) in [6.45, 7) is 1.91. The van der Waals surface area contributed by atoms with Crippen LogP contribution in [-0.2, 0) is 0 Å². The zero-order chi connectivity index (χ0) is 12.4. The number of carbonyl (C=O) groups excluding carboxylic acids is 1. The first-order chi connectivity index (χ1) is 8.06. The van der Waals surface area contributed by atoms with Crippen molar-refractivity contribution in [1.29, 1.82) is 0 Å². The molecule has 0 saturated heterocycles. The maximum Gasteiger partial charge on any atom is 0.265 e. The number of benzene rings is 1. The lowest BCUT2D eigenvalue weighted by atomic mass is 10.2. The highest BCUT2D eigenvalue weighted by molar-refractivity contribution is 9.11. The highest BCUT2D eigenvalue weighted by Gasteiger charge is 2.08. The summed E-state index contributed by atoms with van der Waals surface area (Å²) >= 11 is 4.73. The van der Waals surface area contributed by atoms with E-state index in [-0.39, 0.29) is 5.91 Å². The van der Waals surface area contributed by atoms with E-state index in [9.17, 15) is 4.79 Å². The number of aryl methyl sites for hydroxylation is 1. The Morgan fingerprint density at radius 2 is 2.12 bits per heavy atom. The summed E-state index contributed by atoms with van der Waals surface area (Å²) in [5, 5.41) is 2.83. The molecule has 0 aliphatic carbocycles. The number of halogens is 1. The first-order valence-electron chi connectivity index (χ1n) is 4.99. The molecule has 5 heteroatoms. The molecule has 0 bridgehead atoms. The number of nitrogen functional groups attached to an aromatic ring is 1. The number of hydrogen-bond acceptors (Lipinski definition) is 3. The Kier molecular flexibility index (Phi) is 3.49. The van der Waals surface area contributed by atoms with Crippen LogP contribution in [0.15, 0.2) is 34.1 Å². The van der Waals surface area contributed by atoms with E-state index in [4.69, 9.17) is 5.73 Å². The van der Waals surface area contributed by atoms with Gasteiger partial charge in [-0.25, -0.2) is 0 Å². The van der Waals surface area contributed by atoms with Gasteiger partial charge in [-0.15, -0.1) is 11.3 Å². The molecule has 1 aromatic heterocycles. The van der Waals surface area contributed by atoms with Crippen LogP contribution in [0, 0.1) is 6.92 Å². The van der Waals surface area contributed by atoms with Gasteiger partial charge in [0.25, 0.3) is 5.91 Å². The number of amides is 1. The van der Waals surface area contributed by atoms with Crippen LogP contribution in [-0.4, -0.2) is 5.91 Å². The molecule has 1 heterocycles. The number of nitrogens with one attached hydrogen (secondary N) is 1. The number of carbonyl (C=O) groups is 1. The molecule has 0 saturated carbocycles. The van der Waals surface area contributed by atoms with Gasteiger partial charge in [0.1, 0.15) is 0 Å². The Bertz CT molecular complexity index is 565. The van der Waals surface area contributed by atoms with Crippen molar-refractivity contribution in [2.75, 3.05) is 11.1 Å². The molecule has 0 fully saturated rings. The monoisotopic (exact) mass is 310 g/mol. The number of anilines is 2. The van der Waals surface area contributed by atoms with Gasteiger partial charge in [0, 0.05) is 11.4 Å². The third-order valence-electron chi connectivity index (χ3n) is 2.32. The predicted octanol–water partition coefficient (Wildman–Crippen LogP) is 3.65. The lowest BCUT2D eigenvalue weighted by Crippen LogP contribution is -2.10. The number of rotatable bonds is 2. The third kappa shape index (κ3) is 2.87. The molecular formula is C12H11BrN2OS. The van der Waals surface area contributed by atoms with E-state index >= 15 is 0 Å². The Morgan fingerprint density at radius 3 is 2.71 bits per heavy atom. The molecule has 0 aliphatic heterocycles. The summed E-state index contributed by atoms with van der Waals surface area (Å²) in [6.07, 6.45) is 0. The van der Waals surface area contributed by atoms with E-state index in [1.807, 2.05) is 19.1 Å². The Morgan fingerprint density at radius 1 is 1.35 bits per heavy atom. The molecule has 1 amide bonds.